The number of carbonyl (C=O) groups is 1. The number of rotatable bonds is 6. The number of hydrogen-bond donors (Lipinski definition) is 3. The van der Waals surface area contributed by atoms with Crippen LogP contribution in [0.4, 0.5) is 0 Å². The lowest BCUT2D eigenvalue weighted by molar-refractivity contribution is 0.0697. The summed E-state index contributed by atoms with van der Waals surface area (Å²) >= 11 is 1.41. The van der Waals surface area contributed by atoms with Crippen molar-refractivity contribution in [1.82, 2.24) is 5.32 Å². The molecule has 0 aliphatic carbocycles. The lowest BCUT2D eigenvalue weighted by Crippen LogP contribution is -2.25. The van der Waals surface area contributed by atoms with E-state index in [2.05, 4.69) is 5.32 Å². The van der Waals surface area contributed by atoms with Crippen LogP contribution in [0, 0.1) is 0 Å². The van der Waals surface area contributed by atoms with Gasteiger partial charge in [-0.2, -0.15) is 0 Å². The molecule has 0 aromatic carbocycles. The van der Waals surface area contributed by atoms with E-state index in [9.17, 15) is 9.90 Å². The molecule has 1 heterocycles. The van der Waals surface area contributed by atoms with Gasteiger partial charge < -0.3 is 15.5 Å². The molecule has 15 heavy (non-hydrogen) atoms. The number of thiophene rings is 1. The van der Waals surface area contributed by atoms with Crippen LogP contribution in [0.5, 0.6) is 0 Å². The zero-order chi connectivity index (χ0) is 11.3. The molecule has 1 aromatic rings. The van der Waals surface area contributed by atoms with Crippen molar-refractivity contribution < 1.29 is 15.0 Å². The molecule has 3 N–H and O–H groups in total. The van der Waals surface area contributed by atoms with E-state index in [-0.39, 0.29) is 6.10 Å². The third-order valence-corrected chi connectivity index (χ3v) is 2.99. The monoisotopic (exact) mass is 229 g/mol. The Morgan fingerprint density at radius 2 is 2.40 bits per heavy atom. The first-order valence-electron chi connectivity index (χ1n) is 4.83. The fourth-order valence-corrected chi connectivity index (χ4v) is 1.92. The van der Waals surface area contributed by atoms with Crippen LogP contribution in [0.25, 0.3) is 0 Å². The smallest absolute Gasteiger partial charge is 0.336 e. The van der Waals surface area contributed by atoms with E-state index in [1.807, 2.05) is 6.92 Å². The molecule has 0 aliphatic heterocycles. The summed E-state index contributed by atoms with van der Waals surface area (Å²) in [6, 6.07) is 1.65. The van der Waals surface area contributed by atoms with Gasteiger partial charge in [-0.1, -0.05) is 6.92 Å². The van der Waals surface area contributed by atoms with Gasteiger partial charge in [0.2, 0.25) is 0 Å². The summed E-state index contributed by atoms with van der Waals surface area (Å²) in [6.45, 7) is 3.06. The predicted octanol–water partition coefficient (Wildman–Crippen LogP) is 1.31. The molecule has 0 bridgehead atoms. The van der Waals surface area contributed by atoms with Crippen LogP contribution in [-0.4, -0.2) is 28.8 Å². The molecule has 0 fully saturated rings. The number of aliphatic hydroxyl groups is 1. The summed E-state index contributed by atoms with van der Waals surface area (Å²) in [5.74, 6) is -0.897. The minimum atomic E-state index is -0.897. The topological polar surface area (TPSA) is 69.6 Å². The molecule has 1 aromatic heterocycles. The van der Waals surface area contributed by atoms with Crippen molar-refractivity contribution in [3.63, 3.8) is 0 Å². The molecule has 0 aliphatic rings. The first-order valence-corrected chi connectivity index (χ1v) is 5.71. The Hall–Kier alpha value is -0.910. The average molecular weight is 229 g/mol. The van der Waals surface area contributed by atoms with Gasteiger partial charge in [0, 0.05) is 23.3 Å². The highest BCUT2D eigenvalue weighted by Crippen LogP contribution is 2.14. The highest BCUT2D eigenvalue weighted by Gasteiger charge is 2.06. The number of hydrogen-bond acceptors (Lipinski definition) is 4. The molecule has 0 saturated carbocycles. The number of aliphatic hydroxyl groups excluding tert-OH is 1. The van der Waals surface area contributed by atoms with Crippen LogP contribution in [-0.2, 0) is 6.54 Å². The van der Waals surface area contributed by atoms with Gasteiger partial charge in [0.05, 0.1) is 11.7 Å². The van der Waals surface area contributed by atoms with E-state index < -0.39 is 5.97 Å². The molecule has 0 amide bonds. The van der Waals surface area contributed by atoms with E-state index in [0.29, 0.717) is 18.7 Å². The molecule has 1 unspecified atom stereocenters. The Labute approximate surface area is 92.6 Å². The Morgan fingerprint density at radius 1 is 1.67 bits per heavy atom. The zero-order valence-corrected chi connectivity index (χ0v) is 9.38. The largest absolute Gasteiger partial charge is 0.478 e. The van der Waals surface area contributed by atoms with Crippen molar-refractivity contribution in [1.29, 1.82) is 0 Å². The quantitative estimate of drug-likeness (QED) is 0.688. The maximum Gasteiger partial charge on any atom is 0.336 e. The first-order chi connectivity index (χ1) is 7.13. The lowest BCUT2D eigenvalue weighted by atomic mass is 10.3. The molecule has 0 spiro atoms. The standard InChI is InChI=1S/C10H15NO3S/c1-2-8(12)4-11-5-9-3-7(6-15-9)10(13)14/h3,6,8,11-12H,2,4-5H2,1H3,(H,13,14). The van der Waals surface area contributed by atoms with Gasteiger partial charge in [-0.15, -0.1) is 11.3 Å². The van der Waals surface area contributed by atoms with E-state index in [1.54, 1.807) is 11.4 Å². The Kier molecular flexibility index (Phi) is 4.74. The third kappa shape index (κ3) is 3.99. The molecule has 0 radical (unpaired) electrons. The van der Waals surface area contributed by atoms with Gasteiger partial charge in [0.15, 0.2) is 0 Å². The van der Waals surface area contributed by atoms with E-state index >= 15 is 0 Å². The number of aromatic carboxylic acids is 1. The fraction of sp³-hybridized carbons (Fsp3) is 0.500. The van der Waals surface area contributed by atoms with Crippen LogP contribution in [0.3, 0.4) is 0 Å². The lowest BCUT2D eigenvalue weighted by Gasteiger charge is -2.07. The Bertz CT molecular complexity index is 324. The minimum Gasteiger partial charge on any atom is -0.478 e. The molecule has 5 heteroatoms. The van der Waals surface area contributed by atoms with Gasteiger partial charge in [-0.3, -0.25) is 0 Å². The SMILES string of the molecule is CCC(O)CNCc1cc(C(=O)O)cs1. The van der Waals surface area contributed by atoms with Crippen molar-refractivity contribution in [2.75, 3.05) is 6.54 Å². The van der Waals surface area contributed by atoms with Crippen LogP contribution >= 0.6 is 11.3 Å². The summed E-state index contributed by atoms with van der Waals surface area (Å²) in [5.41, 5.74) is 0.327. The molecule has 1 atom stereocenters. The molecule has 84 valence electrons. The minimum absolute atomic E-state index is 0.327. The Balaban J connectivity index is 2.35. The van der Waals surface area contributed by atoms with Crippen LogP contribution in [0.2, 0.25) is 0 Å². The summed E-state index contributed by atoms with van der Waals surface area (Å²) in [4.78, 5) is 11.6. The van der Waals surface area contributed by atoms with Crippen LogP contribution in [0.1, 0.15) is 28.6 Å². The summed E-state index contributed by atoms with van der Waals surface area (Å²) in [7, 11) is 0. The maximum atomic E-state index is 10.6. The van der Waals surface area contributed by atoms with Gasteiger partial charge in [-0.25, -0.2) is 4.79 Å². The first kappa shape index (κ1) is 12.2. The highest BCUT2D eigenvalue weighted by molar-refractivity contribution is 7.10. The maximum absolute atomic E-state index is 10.6. The molecular formula is C10H15NO3S. The number of nitrogens with one attached hydrogen (secondary N) is 1. The Morgan fingerprint density at radius 3 is 2.93 bits per heavy atom. The third-order valence-electron chi connectivity index (χ3n) is 2.05. The van der Waals surface area contributed by atoms with Gasteiger partial charge in [-0.05, 0) is 12.5 Å². The van der Waals surface area contributed by atoms with Gasteiger partial charge in [0.25, 0.3) is 0 Å². The average Bonchev–Trinajstić information content (AvgIpc) is 2.66. The highest BCUT2D eigenvalue weighted by atomic mass is 32.1. The summed E-state index contributed by atoms with van der Waals surface area (Å²) < 4.78 is 0. The number of carboxylic acid groups (broad SMARTS) is 1. The zero-order valence-electron chi connectivity index (χ0n) is 8.56. The predicted molar refractivity (Wildman–Crippen MR) is 59.3 cm³/mol. The van der Waals surface area contributed by atoms with Gasteiger partial charge in [0.1, 0.15) is 0 Å². The van der Waals surface area contributed by atoms with Crippen molar-refractivity contribution in [3.8, 4) is 0 Å². The van der Waals surface area contributed by atoms with E-state index in [0.717, 1.165) is 11.3 Å². The van der Waals surface area contributed by atoms with Crippen molar-refractivity contribution in [3.05, 3.63) is 21.9 Å². The van der Waals surface area contributed by atoms with Crippen molar-refractivity contribution >= 4 is 17.3 Å². The normalized spacial score (nSPS) is 12.7. The fourth-order valence-electron chi connectivity index (χ4n) is 1.09. The summed E-state index contributed by atoms with van der Waals surface area (Å²) in [6.07, 6.45) is 0.390. The molecule has 4 nitrogen and oxygen atoms in total. The second-order valence-electron chi connectivity index (χ2n) is 3.30. The second-order valence-corrected chi connectivity index (χ2v) is 4.30. The molecule has 1 rings (SSSR count). The molecular weight excluding hydrogens is 214 g/mol. The van der Waals surface area contributed by atoms with Gasteiger partial charge >= 0.3 is 5.97 Å². The van der Waals surface area contributed by atoms with Crippen LogP contribution in [0.15, 0.2) is 11.4 Å². The van der Waals surface area contributed by atoms with E-state index in [4.69, 9.17) is 5.11 Å². The van der Waals surface area contributed by atoms with Crippen molar-refractivity contribution in [2.45, 2.75) is 26.0 Å². The summed E-state index contributed by atoms with van der Waals surface area (Å²) in [5, 5.41) is 22.7. The van der Waals surface area contributed by atoms with Crippen molar-refractivity contribution in [2.24, 2.45) is 0 Å². The van der Waals surface area contributed by atoms with E-state index in [1.165, 1.54) is 11.3 Å². The number of carboxylic acids is 1. The second kappa shape index (κ2) is 5.85. The van der Waals surface area contributed by atoms with Crippen LogP contribution < -0.4 is 5.32 Å². The molecule has 0 saturated heterocycles.